The fraction of sp³-hybridized carbons (Fsp3) is 0.857. The highest BCUT2D eigenvalue weighted by Crippen LogP contribution is 2.13. The molecule has 1 aliphatic rings. The first kappa shape index (κ1) is 7.52. The molecule has 0 radical (unpaired) electrons. The molecule has 1 rings (SSSR count). The van der Waals surface area contributed by atoms with Gasteiger partial charge >= 0.3 is 0 Å². The molecular weight excluding hydrogens is 126 g/mol. The summed E-state index contributed by atoms with van der Waals surface area (Å²) in [5, 5.41) is 8.43. The molecule has 1 unspecified atom stereocenters. The first-order valence-electron chi connectivity index (χ1n) is 3.60. The Labute approximate surface area is 61.4 Å². The van der Waals surface area contributed by atoms with Gasteiger partial charge in [0.2, 0.25) is 0 Å². The summed E-state index contributed by atoms with van der Waals surface area (Å²) in [5.41, 5.74) is 5.57. The number of nitrogens with two attached hydrogens (primary N) is 1. The zero-order valence-electron chi connectivity index (χ0n) is 6.25. The lowest BCUT2D eigenvalue weighted by atomic mass is 10.0. The predicted octanol–water partition coefficient (Wildman–Crippen LogP) is -0.211. The Morgan fingerprint density at radius 1 is 1.80 bits per heavy atom. The molecule has 0 aromatic heterocycles. The molecular formula is C7H13N3. The Morgan fingerprint density at radius 2 is 2.40 bits per heavy atom. The minimum atomic E-state index is 0.236. The van der Waals surface area contributed by atoms with E-state index in [1.54, 1.807) is 0 Å². The average molecular weight is 139 g/mol. The number of hydrogen-bond donors (Lipinski definition) is 1. The van der Waals surface area contributed by atoms with Crippen molar-refractivity contribution in [3.8, 4) is 6.07 Å². The van der Waals surface area contributed by atoms with E-state index >= 15 is 0 Å². The summed E-state index contributed by atoms with van der Waals surface area (Å²) >= 11 is 0. The van der Waals surface area contributed by atoms with Gasteiger partial charge in [-0.05, 0) is 6.92 Å². The van der Waals surface area contributed by atoms with Crippen molar-refractivity contribution in [3.05, 3.63) is 0 Å². The largest absolute Gasteiger partial charge is 0.327 e. The summed E-state index contributed by atoms with van der Waals surface area (Å²) in [5.74, 6) is 0.263. The molecule has 1 atom stereocenters. The quantitative estimate of drug-likeness (QED) is 0.576. The maximum atomic E-state index is 8.43. The summed E-state index contributed by atoms with van der Waals surface area (Å²) in [7, 11) is 0. The van der Waals surface area contributed by atoms with Crippen molar-refractivity contribution in [3.63, 3.8) is 0 Å². The van der Waals surface area contributed by atoms with Crippen LogP contribution in [0.1, 0.15) is 6.92 Å². The van der Waals surface area contributed by atoms with Gasteiger partial charge in [0, 0.05) is 25.7 Å². The van der Waals surface area contributed by atoms with Gasteiger partial charge in [0.15, 0.2) is 0 Å². The number of hydrogen-bond acceptors (Lipinski definition) is 3. The van der Waals surface area contributed by atoms with E-state index < -0.39 is 0 Å². The zero-order chi connectivity index (χ0) is 7.56. The SMILES string of the molecule is CC(N)CN1CC(C#N)C1. The van der Waals surface area contributed by atoms with E-state index in [0.29, 0.717) is 0 Å². The van der Waals surface area contributed by atoms with Crippen molar-refractivity contribution in [2.24, 2.45) is 11.7 Å². The van der Waals surface area contributed by atoms with Gasteiger partial charge in [0.25, 0.3) is 0 Å². The van der Waals surface area contributed by atoms with Crippen LogP contribution >= 0.6 is 0 Å². The molecule has 56 valence electrons. The lowest BCUT2D eigenvalue weighted by Gasteiger charge is -2.36. The summed E-state index contributed by atoms with van der Waals surface area (Å²) in [6.45, 7) is 4.74. The summed E-state index contributed by atoms with van der Waals surface area (Å²) in [4.78, 5) is 2.21. The number of likely N-dealkylation sites (tertiary alicyclic amines) is 1. The predicted molar refractivity (Wildman–Crippen MR) is 39.2 cm³/mol. The second-order valence-corrected chi connectivity index (χ2v) is 3.02. The number of nitrogens with zero attached hydrogens (tertiary/aromatic N) is 2. The molecule has 10 heavy (non-hydrogen) atoms. The third-order valence-electron chi connectivity index (χ3n) is 1.69. The standard InChI is InChI=1S/C7H13N3/c1-6(9)3-10-4-7(2-8)5-10/h6-7H,3-5,9H2,1H3. The first-order chi connectivity index (χ1) is 4.72. The van der Waals surface area contributed by atoms with E-state index in [1.807, 2.05) is 6.92 Å². The second-order valence-electron chi connectivity index (χ2n) is 3.02. The van der Waals surface area contributed by atoms with Crippen LogP contribution in [0.25, 0.3) is 0 Å². The smallest absolute Gasteiger partial charge is 0.0717 e. The van der Waals surface area contributed by atoms with Gasteiger partial charge in [-0.15, -0.1) is 0 Å². The molecule has 0 bridgehead atoms. The molecule has 1 aliphatic heterocycles. The summed E-state index contributed by atoms with van der Waals surface area (Å²) in [6, 6.07) is 2.46. The minimum absolute atomic E-state index is 0.236. The third kappa shape index (κ3) is 1.69. The molecule has 0 aromatic carbocycles. The van der Waals surface area contributed by atoms with Gasteiger partial charge in [-0.1, -0.05) is 0 Å². The molecule has 1 heterocycles. The van der Waals surface area contributed by atoms with Crippen LogP contribution < -0.4 is 5.73 Å². The molecule has 0 aliphatic carbocycles. The van der Waals surface area contributed by atoms with Gasteiger partial charge in [-0.3, -0.25) is 4.90 Å². The van der Waals surface area contributed by atoms with Crippen molar-refractivity contribution in [2.75, 3.05) is 19.6 Å². The van der Waals surface area contributed by atoms with Crippen molar-refractivity contribution in [2.45, 2.75) is 13.0 Å². The normalized spacial score (nSPS) is 23.3. The fourth-order valence-electron chi connectivity index (χ4n) is 1.21. The van der Waals surface area contributed by atoms with Crippen LogP contribution in [0.15, 0.2) is 0 Å². The van der Waals surface area contributed by atoms with E-state index in [9.17, 15) is 0 Å². The topological polar surface area (TPSA) is 53.0 Å². The van der Waals surface area contributed by atoms with Crippen LogP contribution in [0.3, 0.4) is 0 Å². The number of rotatable bonds is 2. The van der Waals surface area contributed by atoms with E-state index in [0.717, 1.165) is 19.6 Å². The maximum Gasteiger partial charge on any atom is 0.0717 e. The third-order valence-corrected chi connectivity index (χ3v) is 1.69. The average Bonchev–Trinajstić information content (AvgIpc) is 1.76. The van der Waals surface area contributed by atoms with Crippen LogP contribution in [0.2, 0.25) is 0 Å². The van der Waals surface area contributed by atoms with Crippen molar-refractivity contribution in [1.82, 2.24) is 4.90 Å². The second kappa shape index (κ2) is 3.00. The Kier molecular flexibility index (Phi) is 2.25. The monoisotopic (exact) mass is 139 g/mol. The Bertz CT molecular complexity index is 141. The van der Waals surface area contributed by atoms with Crippen molar-refractivity contribution in [1.29, 1.82) is 5.26 Å². The van der Waals surface area contributed by atoms with Crippen molar-refractivity contribution >= 4 is 0 Å². The Balaban J connectivity index is 2.10. The Hall–Kier alpha value is -0.590. The van der Waals surface area contributed by atoms with Gasteiger partial charge in [0.05, 0.1) is 12.0 Å². The molecule has 0 amide bonds. The van der Waals surface area contributed by atoms with E-state index in [-0.39, 0.29) is 12.0 Å². The molecule has 3 nitrogen and oxygen atoms in total. The molecule has 1 saturated heterocycles. The Morgan fingerprint density at radius 3 is 2.80 bits per heavy atom. The molecule has 3 heteroatoms. The lowest BCUT2D eigenvalue weighted by molar-refractivity contribution is 0.129. The minimum Gasteiger partial charge on any atom is -0.327 e. The highest BCUT2D eigenvalue weighted by atomic mass is 15.2. The van der Waals surface area contributed by atoms with Crippen LogP contribution in [0, 0.1) is 17.2 Å². The maximum absolute atomic E-state index is 8.43. The molecule has 2 N–H and O–H groups in total. The molecule has 0 spiro atoms. The molecule has 0 aromatic rings. The van der Waals surface area contributed by atoms with Gasteiger partial charge in [-0.25, -0.2) is 0 Å². The van der Waals surface area contributed by atoms with Crippen molar-refractivity contribution < 1.29 is 0 Å². The van der Waals surface area contributed by atoms with Gasteiger partial charge < -0.3 is 5.73 Å². The van der Waals surface area contributed by atoms with Crippen LogP contribution in [0.5, 0.6) is 0 Å². The number of nitriles is 1. The molecule has 0 saturated carbocycles. The van der Waals surface area contributed by atoms with Crippen LogP contribution in [-0.4, -0.2) is 30.6 Å². The van der Waals surface area contributed by atoms with Gasteiger partial charge in [-0.2, -0.15) is 5.26 Å². The fourth-order valence-corrected chi connectivity index (χ4v) is 1.21. The van der Waals surface area contributed by atoms with Gasteiger partial charge in [0.1, 0.15) is 0 Å². The van der Waals surface area contributed by atoms with E-state index in [2.05, 4.69) is 11.0 Å². The summed E-state index contributed by atoms with van der Waals surface area (Å²) in [6.07, 6.45) is 0. The summed E-state index contributed by atoms with van der Waals surface area (Å²) < 4.78 is 0. The van der Waals surface area contributed by atoms with E-state index in [1.165, 1.54) is 0 Å². The highest BCUT2D eigenvalue weighted by molar-refractivity contribution is 4.95. The lowest BCUT2D eigenvalue weighted by Crippen LogP contribution is -2.50. The van der Waals surface area contributed by atoms with Crippen LogP contribution in [0.4, 0.5) is 0 Å². The zero-order valence-corrected chi connectivity index (χ0v) is 6.25. The highest BCUT2D eigenvalue weighted by Gasteiger charge is 2.26. The molecule has 1 fully saturated rings. The first-order valence-corrected chi connectivity index (χ1v) is 3.60. The van der Waals surface area contributed by atoms with E-state index in [4.69, 9.17) is 11.0 Å². The van der Waals surface area contributed by atoms with Crippen LogP contribution in [-0.2, 0) is 0 Å².